The molecule has 0 saturated carbocycles. The van der Waals surface area contributed by atoms with E-state index in [-0.39, 0.29) is 5.56 Å². The Morgan fingerprint density at radius 3 is 2.44 bits per heavy atom. The van der Waals surface area contributed by atoms with Crippen LogP contribution in [0.3, 0.4) is 0 Å². The van der Waals surface area contributed by atoms with E-state index in [0.717, 1.165) is 12.1 Å². The predicted octanol–water partition coefficient (Wildman–Crippen LogP) is 5.60. The molecule has 12 heteroatoms. The number of dihydropyridines is 1. The number of fused-ring (bicyclic) bond motifs is 1. The van der Waals surface area contributed by atoms with E-state index in [2.05, 4.69) is 20.0 Å². The van der Waals surface area contributed by atoms with Crippen LogP contribution >= 0.6 is 0 Å². The highest BCUT2D eigenvalue weighted by atomic mass is 19.4. The van der Waals surface area contributed by atoms with Crippen molar-refractivity contribution < 1.29 is 26.3 Å². The van der Waals surface area contributed by atoms with Gasteiger partial charge in [0.2, 0.25) is 5.70 Å². The SMILES string of the molecule is [C-]#[N+]C1=C(c2cccc(C(F)(F)F)n2)NC(C(F)(F)F)=C(C#N)C1c1ccc2n[nH]c(C)c2c1. The van der Waals surface area contributed by atoms with Crippen molar-refractivity contribution in [2.24, 2.45) is 0 Å². The Labute approximate surface area is 188 Å². The quantitative estimate of drug-likeness (QED) is 0.374. The number of aromatic nitrogens is 3. The van der Waals surface area contributed by atoms with Gasteiger partial charge in [0.25, 0.3) is 0 Å². The fourth-order valence-corrected chi connectivity index (χ4v) is 3.73. The molecule has 0 fully saturated rings. The normalized spacial score (nSPS) is 16.9. The number of hydrogen-bond donors (Lipinski definition) is 2. The number of pyridine rings is 1. The van der Waals surface area contributed by atoms with Crippen molar-refractivity contribution in [1.82, 2.24) is 20.5 Å². The van der Waals surface area contributed by atoms with Gasteiger partial charge in [-0.1, -0.05) is 12.1 Å². The zero-order chi connectivity index (χ0) is 24.8. The molecule has 2 aromatic heterocycles. The second-order valence-electron chi connectivity index (χ2n) is 7.36. The Kier molecular flexibility index (Phi) is 5.32. The number of halogens is 6. The van der Waals surface area contributed by atoms with Gasteiger partial charge in [0, 0.05) is 11.1 Å². The average Bonchev–Trinajstić information content (AvgIpc) is 3.16. The second kappa shape index (κ2) is 7.92. The van der Waals surface area contributed by atoms with Crippen molar-refractivity contribution >= 4 is 16.6 Å². The molecule has 0 saturated heterocycles. The lowest BCUT2D eigenvalue weighted by molar-refractivity contribution is -0.141. The molecule has 1 unspecified atom stereocenters. The van der Waals surface area contributed by atoms with Crippen molar-refractivity contribution in [2.75, 3.05) is 0 Å². The Balaban J connectivity index is 2.02. The lowest BCUT2D eigenvalue weighted by Gasteiger charge is -2.29. The number of hydrogen-bond acceptors (Lipinski definition) is 4. The Morgan fingerprint density at radius 2 is 1.82 bits per heavy atom. The second-order valence-corrected chi connectivity index (χ2v) is 7.36. The van der Waals surface area contributed by atoms with Crippen LogP contribution in [-0.4, -0.2) is 21.4 Å². The summed E-state index contributed by atoms with van der Waals surface area (Å²) >= 11 is 0. The average molecular weight is 474 g/mol. The summed E-state index contributed by atoms with van der Waals surface area (Å²) in [6.07, 6.45) is -9.91. The summed E-state index contributed by atoms with van der Waals surface area (Å²) in [6, 6.07) is 8.68. The molecule has 0 radical (unpaired) electrons. The molecule has 6 nitrogen and oxygen atoms in total. The fourth-order valence-electron chi connectivity index (χ4n) is 3.73. The smallest absolute Gasteiger partial charge is 0.358 e. The molecular weight excluding hydrogens is 462 g/mol. The Morgan fingerprint density at radius 1 is 1.09 bits per heavy atom. The minimum atomic E-state index is -5.06. The van der Waals surface area contributed by atoms with E-state index >= 15 is 0 Å². The first-order valence-electron chi connectivity index (χ1n) is 9.55. The largest absolute Gasteiger partial charge is 0.433 e. The van der Waals surface area contributed by atoms with E-state index in [1.807, 2.05) is 5.32 Å². The highest BCUT2D eigenvalue weighted by Gasteiger charge is 2.45. The zero-order valence-electron chi connectivity index (χ0n) is 17.1. The predicted molar refractivity (Wildman–Crippen MR) is 108 cm³/mol. The standard InChI is InChI=1S/C22H12F6N6/c1-10-12-8-11(6-7-14(12)34-33-10)17-13(9-29)20(22(26,27)28)32-18(19(17)30-2)15-4-3-5-16(31-15)21(23,24)25/h3-8,17,32H,1H3,(H,33,34). The van der Waals surface area contributed by atoms with Crippen LogP contribution in [0.2, 0.25) is 0 Å². The molecule has 0 spiro atoms. The summed E-state index contributed by atoms with van der Waals surface area (Å²) in [5, 5.41) is 19.0. The molecule has 1 aromatic carbocycles. The summed E-state index contributed by atoms with van der Waals surface area (Å²) in [6.45, 7) is 9.33. The Bertz CT molecular complexity index is 1450. The van der Waals surface area contributed by atoms with Gasteiger partial charge in [0.15, 0.2) is 0 Å². The van der Waals surface area contributed by atoms with Gasteiger partial charge < -0.3 is 5.32 Å². The van der Waals surface area contributed by atoms with Crippen LogP contribution in [0.4, 0.5) is 26.3 Å². The first kappa shape index (κ1) is 22.9. The van der Waals surface area contributed by atoms with Crippen molar-refractivity contribution in [2.45, 2.75) is 25.2 Å². The zero-order valence-corrected chi connectivity index (χ0v) is 17.1. The number of allylic oxidation sites excluding steroid dienone is 2. The van der Waals surface area contributed by atoms with Gasteiger partial charge in [-0.3, -0.25) is 5.10 Å². The lowest BCUT2D eigenvalue weighted by atomic mass is 9.83. The van der Waals surface area contributed by atoms with Gasteiger partial charge in [0.1, 0.15) is 11.4 Å². The number of alkyl halides is 6. The first-order chi connectivity index (χ1) is 16.0. The Hall–Kier alpha value is -4.32. The molecular formula is C22H12F6N6. The molecule has 34 heavy (non-hydrogen) atoms. The molecule has 1 atom stereocenters. The maximum absolute atomic E-state index is 13.9. The topological polar surface area (TPSA) is 81.8 Å². The highest BCUT2D eigenvalue weighted by molar-refractivity contribution is 5.83. The van der Waals surface area contributed by atoms with E-state index in [1.165, 1.54) is 24.3 Å². The lowest BCUT2D eigenvalue weighted by Crippen LogP contribution is -2.33. The number of aromatic amines is 1. The van der Waals surface area contributed by atoms with E-state index in [0.29, 0.717) is 22.7 Å². The number of aryl methyl sites for hydroxylation is 1. The van der Waals surface area contributed by atoms with Crippen LogP contribution in [-0.2, 0) is 6.18 Å². The number of rotatable bonds is 2. The number of nitrogens with zero attached hydrogens (tertiary/aromatic N) is 4. The molecule has 0 aliphatic carbocycles. The van der Waals surface area contributed by atoms with Gasteiger partial charge in [-0.2, -0.15) is 36.7 Å². The molecule has 1 aliphatic rings. The number of nitrogens with one attached hydrogen (secondary N) is 2. The van der Waals surface area contributed by atoms with Crippen molar-refractivity contribution in [3.05, 3.63) is 87.4 Å². The molecule has 172 valence electrons. The van der Waals surface area contributed by atoms with Crippen LogP contribution in [0.15, 0.2) is 53.4 Å². The fraction of sp³-hybridized carbons (Fsp3) is 0.182. The summed E-state index contributed by atoms with van der Waals surface area (Å²) < 4.78 is 81.4. The maximum atomic E-state index is 13.9. The summed E-state index contributed by atoms with van der Waals surface area (Å²) in [7, 11) is 0. The van der Waals surface area contributed by atoms with Crippen LogP contribution in [0.5, 0.6) is 0 Å². The van der Waals surface area contributed by atoms with Gasteiger partial charge >= 0.3 is 12.4 Å². The van der Waals surface area contributed by atoms with Crippen LogP contribution in [0.25, 0.3) is 21.4 Å². The van der Waals surface area contributed by atoms with Crippen molar-refractivity contribution in [3.63, 3.8) is 0 Å². The van der Waals surface area contributed by atoms with E-state index in [9.17, 15) is 31.6 Å². The number of nitriles is 1. The minimum absolute atomic E-state index is 0.173. The highest BCUT2D eigenvalue weighted by Crippen LogP contribution is 2.45. The van der Waals surface area contributed by atoms with Crippen molar-refractivity contribution in [3.8, 4) is 6.07 Å². The van der Waals surface area contributed by atoms with Gasteiger partial charge in [-0.25, -0.2) is 9.83 Å². The molecule has 4 rings (SSSR count). The molecule has 2 N–H and O–H groups in total. The van der Waals surface area contributed by atoms with Crippen LogP contribution in [0, 0.1) is 24.8 Å². The van der Waals surface area contributed by atoms with Gasteiger partial charge in [-0.15, -0.1) is 0 Å². The van der Waals surface area contributed by atoms with Crippen LogP contribution in [0.1, 0.15) is 28.6 Å². The maximum Gasteiger partial charge on any atom is 0.433 e. The summed E-state index contributed by atoms with van der Waals surface area (Å²) in [5.41, 5.74) is -3.74. The summed E-state index contributed by atoms with van der Waals surface area (Å²) in [5.74, 6) is -1.49. The van der Waals surface area contributed by atoms with Gasteiger partial charge in [-0.05, 0) is 36.8 Å². The minimum Gasteiger partial charge on any atom is -0.358 e. The van der Waals surface area contributed by atoms with Crippen LogP contribution < -0.4 is 5.32 Å². The molecule has 0 amide bonds. The van der Waals surface area contributed by atoms with E-state index < -0.39 is 52.3 Å². The monoisotopic (exact) mass is 474 g/mol. The molecule has 1 aliphatic heterocycles. The van der Waals surface area contributed by atoms with E-state index in [4.69, 9.17) is 6.57 Å². The van der Waals surface area contributed by atoms with E-state index in [1.54, 1.807) is 6.92 Å². The number of benzene rings is 1. The molecule has 3 aromatic rings. The molecule has 0 bridgehead atoms. The number of H-pyrrole nitrogens is 1. The summed E-state index contributed by atoms with van der Waals surface area (Å²) in [4.78, 5) is 6.77. The third-order valence-corrected chi connectivity index (χ3v) is 5.26. The third-order valence-electron chi connectivity index (χ3n) is 5.26. The van der Waals surface area contributed by atoms with Gasteiger partial charge in [0.05, 0.1) is 41.0 Å². The first-order valence-corrected chi connectivity index (χ1v) is 9.55. The molecule has 3 heterocycles. The third kappa shape index (κ3) is 3.83. The van der Waals surface area contributed by atoms with Crippen molar-refractivity contribution in [1.29, 1.82) is 5.26 Å².